The molecule has 2 aromatic rings. The lowest BCUT2D eigenvalue weighted by molar-refractivity contribution is -0.138. The number of benzene rings is 2. The molecule has 0 unspecified atom stereocenters. The third-order valence-electron chi connectivity index (χ3n) is 3.52. The first-order valence-corrected chi connectivity index (χ1v) is 8.84. The van der Waals surface area contributed by atoms with Crippen LogP contribution in [-0.4, -0.2) is 39.6 Å². The number of hydrogen-bond acceptors (Lipinski definition) is 4. The van der Waals surface area contributed by atoms with E-state index in [-0.39, 0.29) is 11.3 Å². The van der Waals surface area contributed by atoms with Crippen molar-refractivity contribution in [2.45, 2.75) is 17.4 Å². The molecular formula is C17H20N2O4S. The van der Waals surface area contributed by atoms with Crippen molar-refractivity contribution in [2.75, 3.05) is 19.0 Å². The van der Waals surface area contributed by atoms with Crippen molar-refractivity contribution in [1.82, 2.24) is 4.72 Å². The molecule has 2 rings (SSSR count). The number of aliphatic carboxylic acids is 1. The van der Waals surface area contributed by atoms with Gasteiger partial charge in [0.25, 0.3) is 0 Å². The molecule has 0 spiro atoms. The predicted molar refractivity (Wildman–Crippen MR) is 92.7 cm³/mol. The Morgan fingerprint density at radius 1 is 1.12 bits per heavy atom. The second-order valence-electron chi connectivity index (χ2n) is 5.59. The van der Waals surface area contributed by atoms with E-state index < -0.39 is 22.0 Å². The first-order valence-electron chi connectivity index (χ1n) is 7.36. The molecule has 0 aliphatic heterocycles. The minimum absolute atomic E-state index is 0.0352. The molecule has 7 heteroatoms. The summed E-state index contributed by atoms with van der Waals surface area (Å²) < 4.78 is 27.3. The van der Waals surface area contributed by atoms with E-state index in [0.717, 1.165) is 5.56 Å². The zero-order chi connectivity index (χ0) is 17.7. The largest absolute Gasteiger partial charge is 0.480 e. The molecule has 6 nitrogen and oxygen atoms in total. The smallest absolute Gasteiger partial charge is 0.322 e. The Morgan fingerprint density at radius 3 is 2.38 bits per heavy atom. The van der Waals surface area contributed by atoms with Crippen molar-refractivity contribution in [3.05, 3.63) is 60.2 Å². The molecule has 0 aromatic heterocycles. The maximum atomic E-state index is 12.5. The predicted octanol–water partition coefficient (Wildman–Crippen LogP) is 1.73. The van der Waals surface area contributed by atoms with Crippen molar-refractivity contribution in [2.24, 2.45) is 0 Å². The van der Waals surface area contributed by atoms with E-state index in [9.17, 15) is 18.3 Å². The Labute approximate surface area is 141 Å². The molecule has 0 heterocycles. The lowest BCUT2D eigenvalue weighted by Gasteiger charge is -2.17. The SMILES string of the molecule is CN(C)c1cccc(S(=O)(=O)N[C@@H](Cc2ccccc2)C(=O)O)c1. The maximum Gasteiger partial charge on any atom is 0.322 e. The Balaban J connectivity index is 2.24. The van der Waals surface area contributed by atoms with Gasteiger partial charge in [0.05, 0.1) is 4.90 Å². The molecule has 0 bridgehead atoms. The van der Waals surface area contributed by atoms with E-state index in [2.05, 4.69) is 4.72 Å². The summed E-state index contributed by atoms with van der Waals surface area (Å²) in [5, 5.41) is 9.35. The van der Waals surface area contributed by atoms with Gasteiger partial charge in [-0.1, -0.05) is 36.4 Å². The number of carboxylic acids is 1. The van der Waals surface area contributed by atoms with Crippen molar-refractivity contribution >= 4 is 21.7 Å². The van der Waals surface area contributed by atoms with Gasteiger partial charge in [0.15, 0.2) is 0 Å². The first kappa shape index (κ1) is 18.0. The number of nitrogens with zero attached hydrogens (tertiary/aromatic N) is 1. The maximum absolute atomic E-state index is 12.5. The second kappa shape index (κ2) is 7.46. The molecule has 0 radical (unpaired) electrons. The van der Waals surface area contributed by atoms with Gasteiger partial charge in [-0.2, -0.15) is 4.72 Å². The normalized spacial score (nSPS) is 12.6. The van der Waals surface area contributed by atoms with E-state index in [4.69, 9.17) is 0 Å². The van der Waals surface area contributed by atoms with Crippen LogP contribution >= 0.6 is 0 Å². The van der Waals surface area contributed by atoms with Gasteiger partial charge in [-0.05, 0) is 30.2 Å². The van der Waals surface area contributed by atoms with Crippen LogP contribution in [0.4, 0.5) is 5.69 Å². The Morgan fingerprint density at radius 2 is 1.79 bits per heavy atom. The minimum Gasteiger partial charge on any atom is -0.480 e. The monoisotopic (exact) mass is 348 g/mol. The molecule has 0 amide bonds. The summed E-state index contributed by atoms with van der Waals surface area (Å²) in [6.07, 6.45) is 0.0722. The molecule has 1 atom stereocenters. The fraction of sp³-hybridized carbons (Fsp3) is 0.235. The quantitative estimate of drug-likeness (QED) is 0.796. The van der Waals surface area contributed by atoms with Gasteiger partial charge in [-0.25, -0.2) is 8.42 Å². The van der Waals surface area contributed by atoms with Gasteiger partial charge >= 0.3 is 5.97 Å². The van der Waals surface area contributed by atoms with E-state index >= 15 is 0 Å². The van der Waals surface area contributed by atoms with Crippen LogP contribution in [0.1, 0.15) is 5.56 Å². The van der Waals surface area contributed by atoms with E-state index in [1.165, 1.54) is 12.1 Å². The molecule has 2 aromatic carbocycles. The number of anilines is 1. The van der Waals surface area contributed by atoms with Crippen LogP contribution in [0.2, 0.25) is 0 Å². The van der Waals surface area contributed by atoms with Crippen molar-refractivity contribution in [1.29, 1.82) is 0 Å². The highest BCUT2D eigenvalue weighted by molar-refractivity contribution is 7.89. The Hall–Kier alpha value is -2.38. The van der Waals surface area contributed by atoms with Crippen LogP contribution in [0, 0.1) is 0 Å². The van der Waals surface area contributed by atoms with Gasteiger partial charge in [-0.3, -0.25) is 4.79 Å². The van der Waals surface area contributed by atoms with Crippen LogP contribution in [0.5, 0.6) is 0 Å². The van der Waals surface area contributed by atoms with Gasteiger partial charge in [0.1, 0.15) is 6.04 Å². The van der Waals surface area contributed by atoms with Gasteiger partial charge in [0, 0.05) is 19.8 Å². The number of carbonyl (C=O) groups is 1. The molecule has 0 saturated carbocycles. The molecule has 0 aliphatic rings. The number of sulfonamides is 1. The third-order valence-corrected chi connectivity index (χ3v) is 4.99. The second-order valence-corrected chi connectivity index (χ2v) is 7.31. The van der Waals surface area contributed by atoms with Crippen LogP contribution in [0.15, 0.2) is 59.5 Å². The number of carboxylic acid groups (broad SMARTS) is 1. The summed E-state index contributed by atoms with van der Waals surface area (Å²) in [5.41, 5.74) is 1.46. The molecule has 24 heavy (non-hydrogen) atoms. The highest BCUT2D eigenvalue weighted by Crippen LogP contribution is 2.18. The zero-order valence-electron chi connectivity index (χ0n) is 13.5. The number of rotatable bonds is 7. The van der Waals surface area contributed by atoms with Crippen molar-refractivity contribution in [3.8, 4) is 0 Å². The zero-order valence-corrected chi connectivity index (χ0v) is 14.3. The molecule has 0 saturated heterocycles. The summed E-state index contributed by atoms with van der Waals surface area (Å²) >= 11 is 0. The van der Waals surface area contributed by atoms with Crippen LogP contribution in [0.25, 0.3) is 0 Å². The van der Waals surface area contributed by atoms with Gasteiger partial charge in [-0.15, -0.1) is 0 Å². The molecular weight excluding hydrogens is 328 g/mol. The highest BCUT2D eigenvalue weighted by Gasteiger charge is 2.25. The highest BCUT2D eigenvalue weighted by atomic mass is 32.2. The summed E-state index contributed by atoms with van der Waals surface area (Å²) in [7, 11) is -0.338. The van der Waals surface area contributed by atoms with E-state index in [1.54, 1.807) is 55.4 Å². The lowest BCUT2D eigenvalue weighted by Crippen LogP contribution is -2.42. The summed E-state index contributed by atoms with van der Waals surface area (Å²) in [6, 6.07) is 14.0. The fourth-order valence-electron chi connectivity index (χ4n) is 2.21. The lowest BCUT2D eigenvalue weighted by atomic mass is 10.1. The van der Waals surface area contributed by atoms with Crippen molar-refractivity contribution < 1.29 is 18.3 Å². The molecule has 0 aliphatic carbocycles. The minimum atomic E-state index is -3.94. The van der Waals surface area contributed by atoms with Crippen molar-refractivity contribution in [3.63, 3.8) is 0 Å². The van der Waals surface area contributed by atoms with Crippen LogP contribution < -0.4 is 9.62 Å². The van der Waals surface area contributed by atoms with Crippen LogP contribution in [-0.2, 0) is 21.2 Å². The topological polar surface area (TPSA) is 86.7 Å². The first-order chi connectivity index (χ1) is 11.3. The van der Waals surface area contributed by atoms with Crippen LogP contribution in [0.3, 0.4) is 0 Å². The fourth-order valence-corrected chi connectivity index (χ4v) is 3.44. The molecule has 2 N–H and O–H groups in total. The average molecular weight is 348 g/mol. The summed E-state index contributed by atoms with van der Waals surface area (Å²) in [4.78, 5) is 13.3. The third kappa shape index (κ3) is 4.56. The summed E-state index contributed by atoms with van der Waals surface area (Å²) in [5.74, 6) is -1.22. The van der Waals surface area contributed by atoms with E-state index in [0.29, 0.717) is 5.69 Å². The Bertz CT molecular complexity index is 804. The average Bonchev–Trinajstić information content (AvgIpc) is 2.55. The van der Waals surface area contributed by atoms with E-state index in [1.807, 2.05) is 6.07 Å². The van der Waals surface area contributed by atoms with Gasteiger partial charge in [0.2, 0.25) is 10.0 Å². The summed E-state index contributed by atoms with van der Waals surface area (Å²) in [6.45, 7) is 0. The standard InChI is InChI=1S/C17H20N2O4S/c1-19(2)14-9-6-10-15(12-14)24(22,23)18-16(17(20)21)11-13-7-4-3-5-8-13/h3-10,12,16,18H,11H2,1-2H3,(H,20,21)/t16-/m0/s1. The molecule has 0 fully saturated rings. The Kier molecular flexibility index (Phi) is 5.58. The van der Waals surface area contributed by atoms with Gasteiger partial charge < -0.3 is 10.0 Å². The number of hydrogen-bond donors (Lipinski definition) is 2. The number of nitrogens with one attached hydrogen (secondary N) is 1. The molecule has 128 valence electrons.